The highest BCUT2D eigenvalue weighted by atomic mass is 16.7. The fourth-order valence-electron chi connectivity index (χ4n) is 1.72. The van der Waals surface area contributed by atoms with Crippen molar-refractivity contribution in [1.29, 1.82) is 0 Å². The zero-order valence-corrected chi connectivity index (χ0v) is 11.4. The normalized spacial score (nSPS) is 11.1. The van der Waals surface area contributed by atoms with E-state index >= 15 is 0 Å². The second kappa shape index (κ2) is 10.00. The number of hydrogen-bond donors (Lipinski definition) is 1. The van der Waals surface area contributed by atoms with Gasteiger partial charge in [0.05, 0.1) is 0 Å². The molecule has 102 valence electrons. The quantitative estimate of drug-likeness (QED) is 0.513. The van der Waals surface area contributed by atoms with Gasteiger partial charge in [-0.25, -0.2) is 0 Å². The Bertz CT molecular complexity index is 287. The lowest BCUT2D eigenvalue weighted by atomic mass is 10.2. The van der Waals surface area contributed by atoms with Gasteiger partial charge in [0, 0.05) is 32.2 Å². The van der Waals surface area contributed by atoms with Crippen LogP contribution in [0.4, 0.5) is 0 Å². The molecule has 0 aliphatic heterocycles. The molecule has 0 saturated carbocycles. The minimum Gasteiger partial charge on any atom is -0.353 e. The van der Waals surface area contributed by atoms with Gasteiger partial charge in [-0.3, -0.25) is 4.98 Å². The Labute approximate surface area is 110 Å². The molecule has 1 N–H and O–H groups in total. The van der Waals surface area contributed by atoms with E-state index in [0.29, 0.717) is 13.2 Å². The fraction of sp³-hybridized carbons (Fsp3) is 0.643. The first-order valence-corrected chi connectivity index (χ1v) is 6.69. The Hall–Kier alpha value is -0.970. The minimum atomic E-state index is -0.0554. The molecule has 1 aromatic rings. The van der Waals surface area contributed by atoms with Gasteiger partial charge in [-0.2, -0.15) is 0 Å². The second-order valence-electron chi connectivity index (χ2n) is 4.02. The maximum absolute atomic E-state index is 5.49. The summed E-state index contributed by atoms with van der Waals surface area (Å²) in [6.45, 7) is 7.22. The molecule has 0 aliphatic carbocycles. The molecular formula is C14H24N2O2. The van der Waals surface area contributed by atoms with Crippen LogP contribution in [0.5, 0.6) is 0 Å². The predicted molar refractivity (Wildman–Crippen MR) is 72.2 cm³/mol. The molecule has 0 aromatic carbocycles. The highest BCUT2D eigenvalue weighted by Gasteiger charge is 2.06. The topological polar surface area (TPSA) is 43.4 Å². The van der Waals surface area contributed by atoms with Crippen molar-refractivity contribution in [3.8, 4) is 0 Å². The van der Waals surface area contributed by atoms with Crippen molar-refractivity contribution in [1.82, 2.24) is 10.3 Å². The van der Waals surface area contributed by atoms with Crippen molar-refractivity contribution in [2.24, 2.45) is 0 Å². The van der Waals surface area contributed by atoms with E-state index in [2.05, 4.69) is 16.4 Å². The van der Waals surface area contributed by atoms with E-state index < -0.39 is 0 Å². The van der Waals surface area contributed by atoms with Gasteiger partial charge in [-0.05, 0) is 44.9 Å². The van der Waals surface area contributed by atoms with Gasteiger partial charge >= 0.3 is 0 Å². The summed E-state index contributed by atoms with van der Waals surface area (Å²) in [5, 5.41) is 3.39. The van der Waals surface area contributed by atoms with E-state index in [1.165, 1.54) is 5.56 Å². The maximum atomic E-state index is 5.49. The summed E-state index contributed by atoms with van der Waals surface area (Å²) < 4.78 is 11.0. The number of rotatable bonds is 10. The van der Waals surface area contributed by atoms with E-state index in [-0.39, 0.29) is 6.29 Å². The summed E-state index contributed by atoms with van der Waals surface area (Å²) in [5.41, 5.74) is 1.21. The summed E-state index contributed by atoms with van der Waals surface area (Å²) in [4.78, 5) is 4.08. The zero-order valence-electron chi connectivity index (χ0n) is 11.4. The van der Waals surface area contributed by atoms with Crippen molar-refractivity contribution >= 4 is 0 Å². The van der Waals surface area contributed by atoms with E-state index in [4.69, 9.17) is 9.47 Å². The maximum Gasteiger partial charge on any atom is 0.157 e. The molecular weight excluding hydrogens is 228 g/mol. The van der Waals surface area contributed by atoms with Crippen LogP contribution in [-0.2, 0) is 16.0 Å². The molecule has 4 heteroatoms. The average molecular weight is 252 g/mol. The number of nitrogens with zero attached hydrogens (tertiary/aromatic N) is 1. The summed E-state index contributed by atoms with van der Waals surface area (Å²) >= 11 is 0. The number of ether oxygens (including phenoxy) is 2. The summed E-state index contributed by atoms with van der Waals surface area (Å²) in [6, 6.07) is 4.03. The summed E-state index contributed by atoms with van der Waals surface area (Å²) in [7, 11) is 0. The van der Waals surface area contributed by atoms with Crippen molar-refractivity contribution < 1.29 is 9.47 Å². The van der Waals surface area contributed by atoms with Crippen LogP contribution < -0.4 is 5.32 Å². The standard InChI is InChI=1S/C14H24N2O2/c1-3-17-14(18-4-2)8-6-10-16-12-13-7-5-9-15-11-13/h5,7,9,11,14,16H,3-4,6,8,10,12H2,1-2H3. The van der Waals surface area contributed by atoms with Crippen LogP contribution >= 0.6 is 0 Å². The monoisotopic (exact) mass is 252 g/mol. The van der Waals surface area contributed by atoms with E-state index in [9.17, 15) is 0 Å². The van der Waals surface area contributed by atoms with Gasteiger partial charge in [-0.1, -0.05) is 6.07 Å². The number of pyridine rings is 1. The molecule has 0 unspecified atom stereocenters. The van der Waals surface area contributed by atoms with Crippen molar-refractivity contribution in [2.45, 2.75) is 39.5 Å². The van der Waals surface area contributed by atoms with Gasteiger partial charge in [-0.15, -0.1) is 0 Å². The fourth-order valence-corrected chi connectivity index (χ4v) is 1.72. The van der Waals surface area contributed by atoms with Crippen LogP contribution in [0.1, 0.15) is 32.3 Å². The van der Waals surface area contributed by atoms with Gasteiger partial charge in [0.15, 0.2) is 6.29 Å². The largest absolute Gasteiger partial charge is 0.353 e. The smallest absolute Gasteiger partial charge is 0.157 e. The van der Waals surface area contributed by atoms with E-state index in [1.807, 2.05) is 26.1 Å². The molecule has 0 saturated heterocycles. The van der Waals surface area contributed by atoms with Crippen LogP contribution in [0.3, 0.4) is 0 Å². The van der Waals surface area contributed by atoms with Crippen LogP contribution in [0, 0.1) is 0 Å². The number of nitrogens with one attached hydrogen (secondary N) is 1. The van der Waals surface area contributed by atoms with Crippen LogP contribution in [0.25, 0.3) is 0 Å². The van der Waals surface area contributed by atoms with Gasteiger partial charge in [0.1, 0.15) is 0 Å². The Morgan fingerprint density at radius 1 is 1.28 bits per heavy atom. The summed E-state index contributed by atoms with van der Waals surface area (Å²) in [5.74, 6) is 0. The molecule has 1 heterocycles. The van der Waals surface area contributed by atoms with Gasteiger partial charge < -0.3 is 14.8 Å². The highest BCUT2D eigenvalue weighted by molar-refractivity contribution is 5.07. The van der Waals surface area contributed by atoms with Gasteiger partial charge in [0.25, 0.3) is 0 Å². The van der Waals surface area contributed by atoms with Crippen molar-refractivity contribution in [3.05, 3.63) is 30.1 Å². The first-order chi connectivity index (χ1) is 8.86. The average Bonchev–Trinajstić information content (AvgIpc) is 2.40. The molecule has 0 amide bonds. The van der Waals surface area contributed by atoms with Crippen molar-refractivity contribution in [2.75, 3.05) is 19.8 Å². The number of aromatic nitrogens is 1. The first-order valence-electron chi connectivity index (χ1n) is 6.69. The number of hydrogen-bond acceptors (Lipinski definition) is 4. The highest BCUT2D eigenvalue weighted by Crippen LogP contribution is 2.04. The Kier molecular flexibility index (Phi) is 8.38. The Balaban J connectivity index is 2.06. The molecule has 0 atom stereocenters. The minimum absolute atomic E-state index is 0.0554. The lowest BCUT2D eigenvalue weighted by Gasteiger charge is -2.16. The molecule has 0 aliphatic rings. The molecule has 1 rings (SSSR count). The van der Waals surface area contributed by atoms with E-state index in [1.54, 1.807) is 6.20 Å². The zero-order chi connectivity index (χ0) is 13.1. The SMILES string of the molecule is CCOC(CCCNCc1cccnc1)OCC. The van der Waals surface area contributed by atoms with Crippen LogP contribution in [-0.4, -0.2) is 31.0 Å². The lowest BCUT2D eigenvalue weighted by molar-refractivity contribution is -0.139. The third-order valence-corrected chi connectivity index (χ3v) is 2.55. The van der Waals surface area contributed by atoms with Crippen LogP contribution in [0.15, 0.2) is 24.5 Å². The van der Waals surface area contributed by atoms with E-state index in [0.717, 1.165) is 25.9 Å². The van der Waals surface area contributed by atoms with Crippen LogP contribution in [0.2, 0.25) is 0 Å². The molecule has 0 radical (unpaired) electrons. The molecule has 0 fully saturated rings. The Morgan fingerprint density at radius 2 is 2.06 bits per heavy atom. The molecule has 1 aromatic heterocycles. The first kappa shape index (κ1) is 15.1. The second-order valence-corrected chi connectivity index (χ2v) is 4.02. The molecule has 18 heavy (non-hydrogen) atoms. The lowest BCUT2D eigenvalue weighted by Crippen LogP contribution is -2.21. The summed E-state index contributed by atoms with van der Waals surface area (Å²) in [6.07, 6.45) is 5.60. The third-order valence-electron chi connectivity index (χ3n) is 2.55. The predicted octanol–water partition coefficient (Wildman–Crippen LogP) is 2.35. The molecule has 0 bridgehead atoms. The Morgan fingerprint density at radius 3 is 2.67 bits per heavy atom. The van der Waals surface area contributed by atoms with Crippen molar-refractivity contribution in [3.63, 3.8) is 0 Å². The molecule has 0 spiro atoms. The molecule has 4 nitrogen and oxygen atoms in total. The third kappa shape index (κ3) is 6.69. The van der Waals surface area contributed by atoms with Gasteiger partial charge in [0.2, 0.25) is 0 Å².